The highest BCUT2D eigenvalue weighted by atomic mass is 32.1. The molecule has 1 amide bonds. The Morgan fingerprint density at radius 3 is 2.90 bits per heavy atom. The SMILES string of the molecule is CCN1C(=O)CC[C@]12CCCN(Cc1cnc(C)s1)CC2. The van der Waals surface area contributed by atoms with Crippen LogP contribution in [0.4, 0.5) is 0 Å². The van der Waals surface area contributed by atoms with Crippen molar-refractivity contribution in [2.75, 3.05) is 19.6 Å². The first kappa shape index (κ1) is 15.0. The molecule has 1 aromatic rings. The average Bonchev–Trinajstić information content (AvgIpc) is 2.92. The molecule has 3 rings (SSSR count). The van der Waals surface area contributed by atoms with Crippen LogP contribution in [0.25, 0.3) is 0 Å². The summed E-state index contributed by atoms with van der Waals surface area (Å²) in [6.45, 7) is 8.31. The monoisotopic (exact) mass is 307 g/mol. The van der Waals surface area contributed by atoms with Gasteiger partial charge in [-0.1, -0.05) is 0 Å². The zero-order valence-corrected chi connectivity index (χ0v) is 13.9. The molecule has 1 spiro atoms. The highest BCUT2D eigenvalue weighted by molar-refractivity contribution is 7.11. The minimum Gasteiger partial charge on any atom is -0.337 e. The van der Waals surface area contributed by atoms with E-state index in [1.165, 1.54) is 17.7 Å². The van der Waals surface area contributed by atoms with Crippen molar-refractivity contribution in [3.8, 4) is 0 Å². The van der Waals surface area contributed by atoms with E-state index in [4.69, 9.17) is 0 Å². The first-order valence-electron chi connectivity index (χ1n) is 8.07. The van der Waals surface area contributed by atoms with Crippen LogP contribution in [0.2, 0.25) is 0 Å². The second kappa shape index (κ2) is 6.05. The molecule has 1 atom stereocenters. The van der Waals surface area contributed by atoms with Gasteiger partial charge in [-0.25, -0.2) is 4.98 Å². The van der Waals surface area contributed by atoms with Crippen LogP contribution in [0.15, 0.2) is 6.20 Å². The Bertz CT molecular complexity index is 515. The van der Waals surface area contributed by atoms with Crippen molar-refractivity contribution < 1.29 is 4.79 Å². The lowest BCUT2D eigenvalue weighted by molar-refractivity contribution is -0.131. The summed E-state index contributed by atoms with van der Waals surface area (Å²) in [6, 6.07) is 0. The van der Waals surface area contributed by atoms with E-state index >= 15 is 0 Å². The molecule has 0 aromatic carbocycles. The van der Waals surface area contributed by atoms with Crippen LogP contribution in [0, 0.1) is 6.92 Å². The van der Waals surface area contributed by atoms with Crippen LogP contribution < -0.4 is 0 Å². The van der Waals surface area contributed by atoms with Gasteiger partial charge in [-0.05, 0) is 46.1 Å². The molecule has 2 fully saturated rings. The first-order valence-corrected chi connectivity index (χ1v) is 8.89. The number of hydrogen-bond donors (Lipinski definition) is 0. The Balaban J connectivity index is 1.65. The summed E-state index contributed by atoms with van der Waals surface area (Å²) >= 11 is 1.80. The minimum atomic E-state index is 0.157. The first-order chi connectivity index (χ1) is 10.1. The third kappa shape index (κ3) is 2.99. The summed E-state index contributed by atoms with van der Waals surface area (Å²) in [7, 11) is 0. The van der Waals surface area contributed by atoms with Gasteiger partial charge in [0.15, 0.2) is 0 Å². The van der Waals surface area contributed by atoms with Gasteiger partial charge in [0.25, 0.3) is 0 Å². The third-order valence-corrected chi connectivity index (χ3v) is 5.95. The van der Waals surface area contributed by atoms with Gasteiger partial charge in [0, 0.05) is 42.7 Å². The predicted octanol–water partition coefficient (Wildman–Crippen LogP) is 2.82. The van der Waals surface area contributed by atoms with Crippen molar-refractivity contribution in [1.29, 1.82) is 0 Å². The molecule has 2 saturated heterocycles. The van der Waals surface area contributed by atoms with Crippen LogP contribution in [-0.2, 0) is 11.3 Å². The number of nitrogens with zero attached hydrogens (tertiary/aromatic N) is 3. The lowest BCUT2D eigenvalue weighted by Gasteiger charge is -2.37. The largest absolute Gasteiger partial charge is 0.337 e. The molecule has 0 bridgehead atoms. The Morgan fingerprint density at radius 1 is 1.33 bits per heavy atom. The summed E-state index contributed by atoms with van der Waals surface area (Å²) in [5.41, 5.74) is 0.157. The Morgan fingerprint density at radius 2 is 2.19 bits per heavy atom. The van der Waals surface area contributed by atoms with Gasteiger partial charge in [-0.2, -0.15) is 0 Å². The molecular formula is C16H25N3OS. The van der Waals surface area contributed by atoms with E-state index in [9.17, 15) is 4.79 Å². The number of aryl methyl sites for hydroxylation is 1. The maximum Gasteiger partial charge on any atom is 0.223 e. The molecule has 116 valence electrons. The van der Waals surface area contributed by atoms with Crippen LogP contribution in [0.5, 0.6) is 0 Å². The molecule has 5 heteroatoms. The molecule has 0 N–H and O–H groups in total. The van der Waals surface area contributed by atoms with E-state index < -0.39 is 0 Å². The number of carbonyl (C=O) groups is 1. The van der Waals surface area contributed by atoms with E-state index in [1.54, 1.807) is 11.3 Å². The fraction of sp³-hybridized carbons (Fsp3) is 0.750. The number of likely N-dealkylation sites (tertiary alicyclic amines) is 2. The van der Waals surface area contributed by atoms with E-state index in [0.29, 0.717) is 5.91 Å². The number of aromatic nitrogens is 1. The molecule has 0 unspecified atom stereocenters. The summed E-state index contributed by atoms with van der Waals surface area (Å²) in [6.07, 6.45) is 7.32. The van der Waals surface area contributed by atoms with Crippen molar-refractivity contribution in [2.24, 2.45) is 0 Å². The summed E-state index contributed by atoms with van der Waals surface area (Å²) in [5.74, 6) is 0.365. The summed E-state index contributed by atoms with van der Waals surface area (Å²) in [5, 5.41) is 1.15. The van der Waals surface area contributed by atoms with Gasteiger partial charge in [-0.3, -0.25) is 9.69 Å². The Hall–Kier alpha value is -0.940. The van der Waals surface area contributed by atoms with Crippen LogP contribution in [0.1, 0.15) is 48.9 Å². The third-order valence-electron chi connectivity index (χ3n) is 5.05. The van der Waals surface area contributed by atoms with Crippen LogP contribution >= 0.6 is 11.3 Å². The zero-order valence-electron chi connectivity index (χ0n) is 13.1. The van der Waals surface area contributed by atoms with Crippen molar-refractivity contribution in [3.63, 3.8) is 0 Å². The molecule has 0 aliphatic carbocycles. The number of rotatable bonds is 3. The average molecular weight is 307 g/mol. The number of hydrogen-bond acceptors (Lipinski definition) is 4. The van der Waals surface area contributed by atoms with Gasteiger partial charge in [0.2, 0.25) is 5.91 Å². The Kier molecular flexibility index (Phi) is 4.31. The van der Waals surface area contributed by atoms with E-state index in [1.807, 2.05) is 6.20 Å². The standard InChI is InChI=1S/C16H25N3OS/c1-3-19-15(20)5-7-16(19)6-4-9-18(10-8-16)12-14-11-17-13(2)21-14/h11H,3-10,12H2,1-2H3/t16-/m0/s1. The summed E-state index contributed by atoms with van der Waals surface area (Å²) in [4.78, 5) is 22.5. The predicted molar refractivity (Wildman–Crippen MR) is 85.3 cm³/mol. The molecule has 0 radical (unpaired) electrons. The lowest BCUT2D eigenvalue weighted by atomic mass is 9.88. The lowest BCUT2D eigenvalue weighted by Crippen LogP contribution is -2.46. The quantitative estimate of drug-likeness (QED) is 0.861. The maximum atomic E-state index is 12.1. The molecule has 2 aliphatic heterocycles. The molecule has 4 nitrogen and oxygen atoms in total. The van der Waals surface area contributed by atoms with E-state index in [-0.39, 0.29) is 5.54 Å². The molecule has 21 heavy (non-hydrogen) atoms. The normalized spacial score (nSPS) is 27.5. The van der Waals surface area contributed by atoms with Crippen molar-refractivity contribution >= 4 is 17.2 Å². The fourth-order valence-electron chi connectivity index (χ4n) is 4.00. The fourth-order valence-corrected chi connectivity index (χ4v) is 4.83. The van der Waals surface area contributed by atoms with Gasteiger partial charge >= 0.3 is 0 Å². The smallest absolute Gasteiger partial charge is 0.223 e. The molecule has 1 aromatic heterocycles. The zero-order chi connectivity index (χ0) is 14.9. The van der Waals surface area contributed by atoms with Crippen molar-refractivity contribution in [3.05, 3.63) is 16.1 Å². The molecular weight excluding hydrogens is 282 g/mol. The maximum absolute atomic E-state index is 12.1. The summed E-state index contributed by atoms with van der Waals surface area (Å²) < 4.78 is 0. The number of amides is 1. The highest BCUT2D eigenvalue weighted by Crippen LogP contribution is 2.39. The number of carbonyl (C=O) groups excluding carboxylic acids is 1. The van der Waals surface area contributed by atoms with Crippen molar-refractivity contribution in [2.45, 2.75) is 58.0 Å². The Labute approximate surface area is 131 Å². The highest BCUT2D eigenvalue weighted by Gasteiger charge is 2.44. The van der Waals surface area contributed by atoms with E-state index in [0.717, 1.165) is 50.4 Å². The van der Waals surface area contributed by atoms with Crippen LogP contribution in [0.3, 0.4) is 0 Å². The van der Waals surface area contributed by atoms with Gasteiger partial charge in [0.1, 0.15) is 0 Å². The molecule has 3 heterocycles. The van der Waals surface area contributed by atoms with E-state index in [2.05, 4.69) is 28.6 Å². The minimum absolute atomic E-state index is 0.157. The topological polar surface area (TPSA) is 36.4 Å². The van der Waals surface area contributed by atoms with Gasteiger partial charge < -0.3 is 4.90 Å². The molecule has 2 aliphatic rings. The number of thiazole rings is 1. The van der Waals surface area contributed by atoms with Crippen molar-refractivity contribution in [1.82, 2.24) is 14.8 Å². The van der Waals surface area contributed by atoms with Gasteiger partial charge in [0.05, 0.1) is 5.01 Å². The second-order valence-corrected chi connectivity index (χ2v) is 7.66. The molecule has 0 saturated carbocycles. The van der Waals surface area contributed by atoms with Crippen LogP contribution in [-0.4, -0.2) is 45.9 Å². The van der Waals surface area contributed by atoms with Gasteiger partial charge in [-0.15, -0.1) is 11.3 Å². The second-order valence-electron chi connectivity index (χ2n) is 6.34.